The molecule has 8 nitrogen and oxygen atoms in total. The van der Waals surface area contributed by atoms with Gasteiger partial charge in [0, 0.05) is 12.6 Å². The van der Waals surface area contributed by atoms with Gasteiger partial charge in [-0.3, -0.25) is 13.9 Å². The molecule has 3 rings (SSSR count). The Kier molecular flexibility index (Phi) is 10.6. The quantitative estimate of drug-likeness (QED) is 0.320. The van der Waals surface area contributed by atoms with Crippen molar-refractivity contribution in [2.75, 3.05) is 18.0 Å². The van der Waals surface area contributed by atoms with E-state index in [1.54, 1.807) is 49.6 Å². The first-order valence-corrected chi connectivity index (χ1v) is 15.2. The van der Waals surface area contributed by atoms with Crippen molar-refractivity contribution in [3.8, 4) is 5.75 Å². The molecule has 0 saturated carbocycles. The monoisotopic (exact) mass is 579 g/mol. The van der Waals surface area contributed by atoms with Gasteiger partial charge in [-0.15, -0.1) is 0 Å². The number of sulfonamides is 1. The van der Waals surface area contributed by atoms with Crippen LogP contribution in [-0.2, 0) is 26.2 Å². The minimum absolute atomic E-state index is 0.0832. The van der Waals surface area contributed by atoms with Crippen LogP contribution in [0.3, 0.4) is 0 Å². The van der Waals surface area contributed by atoms with Crippen molar-refractivity contribution in [3.05, 3.63) is 89.0 Å². The Hall–Kier alpha value is -3.85. The normalized spacial score (nSPS) is 12.1. The molecule has 0 bridgehead atoms. The lowest BCUT2D eigenvalue weighted by Gasteiger charge is -2.34. The van der Waals surface area contributed by atoms with Crippen molar-refractivity contribution in [2.24, 2.45) is 0 Å². The Labute approximate surface area is 244 Å². The summed E-state index contributed by atoms with van der Waals surface area (Å²) >= 11 is 0. The highest BCUT2D eigenvalue weighted by Gasteiger charge is 2.34. The summed E-state index contributed by atoms with van der Waals surface area (Å²) in [5.41, 5.74) is 3.78. The number of hydrogen-bond donors (Lipinski definition) is 1. The molecule has 0 spiro atoms. The van der Waals surface area contributed by atoms with Crippen molar-refractivity contribution >= 4 is 27.5 Å². The lowest BCUT2D eigenvalue weighted by atomic mass is 10.1. The van der Waals surface area contributed by atoms with E-state index in [0.717, 1.165) is 26.6 Å². The molecule has 0 aliphatic rings. The van der Waals surface area contributed by atoms with E-state index in [-0.39, 0.29) is 23.4 Å². The Morgan fingerprint density at radius 2 is 1.59 bits per heavy atom. The van der Waals surface area contributed by atoms with Crippen molar-refractivity contribution in [1.82, 2.24) is 10.2 Å². The fourth-order valence-electron chi connectivity index (χ4n) is 4.70. The summed E-state index contributed by atoms with van der Waals surface area (Å²) in [6.07, 6.45) is 0.350. The van der Waals surface area contributed by atoms with Crippen LogP contribution in [0.15, 0.2) is 71.6 Å². The Morgan fingerprint density at radius 1 is 0.927 bits per heavy atom. The maximum absolute atomic E-state index is 14.2. The molecule has 0 saturated heterocycles. The molecule has 1 atom stereocenters. The fraction of sp³-hybridized carbons (Fsp3) is 0.375. The van der Waals surface area contributed by atoms with Gasteiger partial charge < -0.3 is 15.0 Å². The number of aryl methyl sites for hydroxylation is 3. The highest BCUT2D eigenvalue weighted by atomic mass is 32.2. The van der Waals surface area contributed by atoms with E-state index >= 15 is 0 Å². The zero-order chi connectivity index (χ0) is 30.3. The van der Waals surface area contributed by atoms with Crippen molar-refractivity contribution < 1.29 is 22.7 Å². The standard InChI is InChI=1S/C32H41N3O5S/c1-8-29(32(37)33-22(2)3)34(20-26-10-9-11-27(19-26)40-7)31(36)21-35(30-17-14-24(5)18-25(30)6)41(38,39)28-15-12-23(4)13-16-28/h9-19,22,29H,8,20-21H2,1-7H3,(H,33,37)/t29-/m0/s1. The molecule has 0 radical (unpaired) electrons. The smallest absolute Gasteiger partial charge is 0.264 e. The van der Waals surface area contributed by atoms with Crippen LogP contribution >= 0.6 is 0 Å². The van der Waals surface area contributed by atoms with Gasteiger partial charge in [-0.2, -0.15) is 0 Å². The van der Waals surface area contributed by atoms with Crippen LogP contribution in [0, 0.1) is 20.8 Å². The van der Waals surface area contributed by atoms with Crippen LogP contribution in [0.4, 0.5) is 5.69 Å². The van der Waals surface area contributed by atoms with Crippen LogP contribution < -0.4 is 14.4 Å². The van der Waals surface area contributed by atoms with E-state index in [4.69, 9.17) is 4.74 Å². The Morgan fingerprint density at radius 3 is 2.17 bits per heavy atom. The Balaban J connectivity index is 2.11. The molecule has 220 valence electrons. The molecule has 3 aromatic rings. The van der Waals surface area contributed by atoms with Crippen LogP contribution in [0.1, 0.15) is 49.4 Å². The van der Waals surface area contributed by atoms with Crippen LogP contribution in [0.2, 0.25) is 0 Å². The summed E-state index contributed by atoms with van der Waals surface area (Å²) in [5.74, 6) is -0.166. The van der Waals surface area contributed by atoms with Gasteiger partial charge in [-0.05, 0) is 82.5 Å². The molecule has 0 aliphatic heterocycles. The third-order valence-electron chi connectivity index (χ3n) is 6.81. The first-order chi connectivity index (χ1) is 19.4. The number of methoxy groups -OCH3 is 1. The van der Waals surface area contributed by atoms with E-state index in [1.165, 1.54) is 4.90 Å². The van der Waals surface area contributed by atoms with Crippen LogP contribution in [-0.4, -0.2) is 50.9 Å². The molecule has 0 aromatic heterocycles. The molecule has 1 N–H and O–H groups in total. The minimum atomic E-state index is -4.12. The summed E-state index contributed by atoms with van der Waals surface area (Å²) in [4.78, 5) is 29.0. The van der Waals surface area contributed by atoms with Crippen LogP contribution in [0.25, 0.3) is 0 Å². The predicted molar refractivity (Wildman–Crippen MR) is 163 cm³/mol. The number of carbonyl (C=O) groups excluding carboxylic acids is 2. The number of ether oxygens (including phenoxy) is 1. The van der Waals surface area contributed by atoms with Crippen LogP contribution in [0.5, 0.6) is 5.75 Å². The number of benzene rings is 3. The Bertz CT molecular complexity index is 1470. The highest BCUT2D eigenvalue weighted by molar-refractivity contribution is 7.92. The number of carbonyl (C=O) groups is 2. The topological polar surface area (TPSA) is 96.0 Å². The average molecular weight is 580 g/mol. The van der Waals surface area contributed by atoms with Crippen molar-refractivity contribution in [1.29, 1.82) is 0 Å². The van der Waals surface area contributed by atoms with Gasteiger partial charge >= 0.3 is 0 Å². The first kappa shape index (κ1) is 31.7. The summed E-state index contributed by atoms with van der Waals surface area (Å²) in [7, 11) is -2.56. The molecular formula is C32H41N3O5S. The third kappa shape index (κ3) is 7.88. The lowest BCUT2D eigenvalue weighted by Crippen LogP contribution is -2.53. The second-order valence-corrected chi connectivity index (χ2v) is 12.4. The number of nitrogens with one attached hydrogen (secondary N) is 1. The molecular weight excluding hydrogens is 538 g/mol. The number of nitrogens with zero attached hydrogens (tertiary/aromatic N) is 2. The fourth-order valence-corrected chi connectivity index (χ4v) is 6.18. The van der Waals surface area contributed by atoms with E-state index in [9.17, 15) is 18.0 Å². The van der Waals surface area contributed by atoms with Crippen molar-refractivity contribution in [2.45, 2.75) is 71.5 Å². The second kappa shape index (κ2) is 13.7. The zero-order valence-electron chi connectivity index (χ0n) is 25.0. The van der Waals surface area contributed by atoms with Gasteiger partial charge in [0.15, 0.2) is 0 Å². The average Bonchev–Trinajstić information content (AvgIpc) is 2.91. The molecule has 0 heterocycles. The number of hydrogen-bond acceptors (Lipinski definition) is 5. The molecule has 3 aromatic carbocycles. The summed E-state index contributed by atoms with van der Waals surface area (Å²) < 4.78 is 34.6. The maximum Gasteiger partial charge on any atom is 0.264 e. The zero-order valence-corrected chi connectivity index (χ0v) is 25.8. The predicted octanol–water partition coefficient (Wildman–Crippen LogP) is 5.15. The first-order valence-electron chi connectivity index (χ1n) is 13.8. The van der Waals surface area contributed by atoms with Gasteiger partial charge in [-0.1, -0.05) is 54.4 Å². The van der Waals surface area contributed by atoms with Crippen molar-refractivity contribution in [3.63, 3.8) is 0 Å². The van der Waals surface area contributed by atoms with E-state index < -0.39 is 28.5 Å². The second-order valence-electron chi connectivity index (χ2n) is 10.6. The minimum Gasteiger partial charge on any atom is -0.497 e. The summed E-state index contributed by atoms with van der Waals surface area (Å²) in [5, 5.41) is 2.91. The summed E-state index contributed by atoms with van der Waals surface area (Å²) in [6.45, 7) is 10.8. The largest absolute Gasteiger partial charge is 0.497 e. The SMILES string of the molecule is CC[C@@H](C(=O)NC(C)C)N(Cc1cccc(OC)c1)C(=O)CN(c1ccc(C)cc1C)S(=O)(=O)c1ccc(C)cc1. The van der Waals surface area contributed by atoms with E-state index in [0.29, 0.717) is 17.9 Å². The van der Waals surface area contributed by atoms with Gasteiger partial charge in [0.2, 0.25) is 11.8 Å². The molecule has 0 unspecified atom stereocenters. The summed E-state index contributed by atoms with van der Waals surface area (Å²) in [6, 6.07) is 18.3. The number of amides is 2. The number of anilines is 1. The molecule has 0 aliphatic carbocycles. The number of rotatable bonds is 12. The van der Waals surface area contributed by atoms with E-state index in [2.05, 4.69) is 5.32 Å². The molecule has 0 fully saturated rings. The maximum atomic E-state index is 14.2. The molecule has 9 heteroatoms. The van der Waals surface area contributed by atoms with Gasteiger partial charge in [0.1, 0.15) is 18.3 Å². The molecule has 41 heavy (non-hydrogen) atoms. The lowest BCUT2D eigenvalue weighted by molar-refractivity contribution is -0.140. The van der Waals surface area contributed by atoms with E-state index in [1.807, 2.05) is 65.8 Å². The van der Waals surface area contributed by atoms with Gasteiger partial charge in [0.25, 0.3) is 10.0 Å². The molecule has 2 amide bonds. The van der Waals surface area contributed by atoms with Gasteiger partial charge in [-0.25, -0.2) is 8.42 Å². The highest BCUT2D eigenvalue weighted by Crippen LogP contribution is 2.29. The van der Waals surface area contributed by atoms with Gasteiger partial charge in [0.05, 0.1) is 17.7 Å². The third-order valence-corrected chi connectivity index (χ3v) is 8.59.